The molecule has 0 amide bonds. The van der Waals surface area contributed by atoms with Crippen molar-refractivity contribution in [2.45, 2.75) is 31.8 Å². The third-order valence-electron chi connectivity index (χ3n) is 5.73. The zero-order valence-corrected chi connectivity index (χ0v) is 17.8. The Balaban J connectivity index is 1.39. The lowest BCUT2D eigenvalue weighted by atomic mass is 9.86. The second-order valence-electron chi connectivity index (χ2n) is 8.03. The molecule has 0 aliphatic heterocycles. The summed E-state index contributed by atoms with van der Waals surface area (Å²) >= 11 is 0. The maximum absolute atomic E-state index is 15.1. The summed E-state index contributed by atoms with van der Waals surface area (Å²) in [5, 5.41) is 19.1. The number of halogens is 4. The van der Waals surface area contributed by atoms with Crippen molar-refractivity contribution in [3.63, 3.8) is 0 Å². The second-order valence-corrected chi connectivity index (χ2v) is 8.03. The fourth-order valence-corrected chi connectivity index (χ4v) is 4.00. The molecular formula is C22H17F4N5O4. The molecule has 9 nitrogen and oxygen atoms in total. The smallest absolute Gasteiger partial charge is 0.320 e. The van der Waals surface area contributed by atoms with Gasteiger partial charge in [0.15, 0.2) is 29.0 Å². The number of nitrogens with zero attached hydrogens (tertiary/aromatic N) is 3. The van der Waals surface area contributed by atoms with Gasteiger partial charge in [-0.1, -0.05) is 11.5 Å². The van der Waals surface area contributed by atoms with Crippen LogP contribution in [0.25, 0.3) is 22.7 Å². The zero-order valence-electron chi connectivity index (χ0n) is 17.8. The van der Waals surface area contributed by atoms with Gasteiger partial charge in [0, 0.05) is 12.1 Å². The van der Waals surface area contributed by atoms with Crippen molar-refractivity contribution in [1.29, 1.82) is 0 Å². The van der Waals surface area contributed by atoms with Gasteiger partial charge in [0.2, 0.25) is 0 Å². The molecule has 35 heavy (non-hydrogen) atoms. The number of imidazole rings is 1. The van der Waals surface area contributed by atoms with Gasteiger partial charge in [-0.25, -0.2) is 22.5 Å². The van der Waals surface area contributed by atoms with E-state index in [1.165, 1.54) is 12.1 Å². The van der Waals surface area contributed by atoms with E-state index in [4.69, 9.17) is 9.15 Å². The van der Waals surface area contributed by atoms with Crippen molar-refractivity contribution in [3.05, 3.63) is 47.5 Å². The van der Waals surface area contributed by atoms with E-state index in [9.17, 15) is 23.1 Å². The maximum Gasteiger partial charge on any atom is 0.320 e. The second kappa shape index (κ2) is 8.89. The number of carboxylic acid groups (broad SMARTS) is 1. The van der Waals surface area contributed by atoms with Crippen LogP contribution < -0.4 is 10.1 Å². The Labute approximate surface area is 194 Å². The number of aromatic nitrogens is 4. The predicted octanol–water partition coefficient (Wildman–Crippen LogP) is 4.94. The van der Waals surface area contributed by atoms with E-state index in [1.54, 1.807) is 0 Å². The molecule has 1 aliphatic carbocycles. The highest BCUT2D eigenvalue weighted by Gasteiger charge is 2.33. The van der Waals surface area contributed by atoms with Gasteiger partial charge in [-0.05, 0) is 31.4 Å². The number of carboxylic acids is 1. The van der Waals surface area contributed by atoms with Crippen LogP contribution in [0.3, 0.4) is 0 Å². The van der Waals surface area contributed by atoms with Crippen LogP contribution in [0.15, 0.2) is 28.7 Å². The molecule has 2 heterocycles. The Bertz CT molecular complexity index is 1420. The van der Waals surface area contributed by atoms with Gasteiger partial charge < -0.3 is 24.6 Å². The molecule has 0 bridgehead atoms. The highest BCUT2D eigenvalue weighted by molar-refractivity contribution is 5.80. The van der Waals surface area contributed by atoms with E-state index in [-0.39, 0.29) is 34.5 Å². The van der Waals surface area contributed by atoms with Gasteiger partial charge in [0.25, 0.3) is 5.89 Å². The lowest BCUT2D eigenvalue weighted by molar-refractivity contribution is -0.146. The normalized spacial score (nSPS) is 18.1. The number of nitrogens with one attached hydrogen (secondary N) is 2. The molecule has 2 aromatic heterocycles. The SMILES string of the molecule is O=C(O)C1CCCCC1Oc1ccc2[nH]c(-c3nnc(Nc4cc(F)c(F)cc4F)o3)nc2c1F. The highest BCUT2D eigenvalue weighted by Crippen LogP contribution is 2.33. The quantitative estimate of drug-likeness (QED) is 0.256. The van der Waals surface area contributed by atoms with Crippen LogP contribution in [-0.2, 0) is 4.79 Å². The summed E-state index contributed by atoms with van der Waals surface area (Å²) < 4.78 is 66.5. The largest absolute Gasteiger partial charge is 0.486 e. The van der Waals surface area contributed by atoms with Gasteiger partial charge in [-0.15, -0.1) is 5.10 Å². The number of hydrogen-bond donors (Lipinski definition) is 3. The fourth-order valence-electron chi connectivity index (χ4n) is 4.00. The molecule has 1 aliphatic rings. The Hall–Kier alpha value is -4.16. The van der Waals surface area contributed by atoms with Crippen molar-refractivity contribution in [1.82, 2.24) is 20.2 Å². The first-order valence-corrected chi connectivity index (χ1v) is 10.6. The molecule has 2 aromatic carbocycles. The van der Waals surface area contributed by atoms with Crippen molar-refractivity contribution in [2.75, 3.05) is 5.32 Å². The van der Waals surface area contributed by atoms with Gasteiger partial charge in [0.1, 0.15) is 17.4 Å². The number of rotatable bonds is 6. The lowest BCUT2D eigenvalue weighted by Crippen LogP contribution is -2.35. The molecule has 13 heteroatoms. The number of anilines is 2. The predicted molar refractivity (Wildman–Crippen MR) is 113 cm³/mol. The van der Waals surface area contributed by atoms with E-state index < -0.39 is 46.9 Å². The van der Waals surface area contributed by atoms with E-state index >= 15 is 4.39 Å². The van der Waals surface area contributed by atoms with Crippen LogP contribution >= 0.6 is 0 Å². The van der Waals surface area contributed by atoms with Crippen molar-refractivity contribution >= 4 is 28.7 Å². The van der Waals surface area contributed by atoms with Crippen molar-refractivity contribution in [3.8, 4) is 17.5 Å². The number of aliphatic carboxylic acids is 1. The number of ether oxygens (including phenoxy) is 1. The summed E-state index contributed by atoms with van der Waals surface area (Å²) in [6, 6.07) is 3.50. The van der Waals surface area contributed by atoms with E-state index in [0.29, 0.717) is 25.0 Å². The first-order chi connectivity index (χ1) is 16.8. The van der Waals surface area contributed by atoms with Crippen LogP contribution in [-0.4, -0.2) is 37.3 Å². The van der Waals surface area contributed by atoms with Gasteiger partial charge >= 0.3 is 12.0 Å². The van der Waals surface area contributed by atoms with E-state index in [0.717, 1.165) is 12.8 Å². The standard InChI is InChI=1S/C22H17F4N5O4/c23-10-7-12(25)14(8-11(10)24)28-22-31-30-20(35-22)19-27-13-5-6-16(17(26)18(13)29-19)34-15-4-2-1-3-9(15)21(32)33/h5-9,15H,1-4H2,(H,27,29)(H,28,31)(H,32,33). The summed E-state index contributed by atoms with van der Waals surface area (Å²) in [5.41, 5.74) is -0.249. The summed E-state index contributed by atoms with van der Waals surface area (Å²) in [7, 11) is 0. The van der Waals surface area contributed by atoms with Crippen LogP contribution in [0, 0.1) is 29.2 Å². The molecule has 0 spiro atoms. The highest BCUT2D eigenvalue weighted by atomic mass is 19.2. The number of fused-ring (bicyclic) bond motifs is 1. The number of hydrogen-bond acceptors (Lipinski definition) is 7. The molecule has 2 atom stereocenters. The van der Waals surface area contributed by atoms with Gasteiger partial charge in [-0.2, -0.15) is 0 Å². The Kier molecular flexibility index (Phi) is 5.75. The zero-order chi connectivity index (χ0) is 24.7. The first-order valence-electron chi connectivity index (χ1n) is 10.6. The third-order valence-corrected chi connectivity index (χ3v) is 5.73. The summed E-state index contributed by atoms with van der Waals surface area (Å²) in [5.74, 6) is -6.53. The monoisotopic (exact) mass is 491 g/mol. The van der Waals surface area contributed by atoms with Crippen molar-refractivity contribution < 1.29 is 36.6 Å². The lowest BCUT2D eigenvalue weighted by Gasteiger charge is -2.29. The number of carbonyl (C=O) groups is 1. The first kappa shape index (κ1) is 22.6. The number of H-pyrrole nitrogens is 1. The topological polar surface area (TPSA) is 126 Å². The molecule has 4 aromatic rings. The molecule has 182 valence electrons. The Morgan fingerprint density at radius 1 is 1.09 bits per heavy atom. The van der Waals surface area contributed by atoms with Crippen LogP contribution in [0.5, 0.6) is 5.75 Å². The molecule has 0 saturated heterocycles. The minimum atomic E-state index is -1.35. The molecule has 3 N–H and O–H groups in total. The average Bonchev–Trinajstić information content (AvgIpc) is 3.47. The maximum atomic E-state index is 15.1. The van der Waals surface area contributed by atoms with Crippen molar-refractivity contribution in [2.24, 2.45) is 5.92 Å². The molecule has 5 rings (SSSR count). The summed E-state index contributed by atoms with van der Waals surface area (Å²) in [4.78, 5) is 18.4. The number of aromatic amines is 1. The summed E-state index contributed by atoms with van der Waals surface area (Å²) in [6.07, 6.45) is 1.85. The minimum Gasteiger partial charge on any atom is -0.486 e. The number of benzene rings is 2. The Morgan fingerprint density at radius 3 is 2.66 bits per heavy atom. The van der Waals surface area contributed by atoms with Crippen LogP contribution in [0.4, 0.5) is 29.3 Å². The molecular weight excluding hydrogens is 474 g/mol. The van der Waals surface area contributed by atoms with Crippen LogP contribution in [0.1, 0.15) is 25.7 Å². The van der Waals surface area contributed by atoms with Crippen LogP contribution in [0.2, 0.25) is 0 Å². The minimum absolute atomic E-state index is 0.0107. The average molecular weight is 491 g/mol. The fraction of sp³-hybridized carbons (Fsp3) is 0.273. The molecule has 0 radical (unpaired) electrons. The summed E-state index contributed by atoms with van der Waals surface area (Å²) in [6.45, 7) is 0. The van der Waals surface area contributed by atoms with Gasteiger partial charge in [-0.3, -0.25) is 4.79 Å². The third kappa shape index (κ3) is 4.36. The van der Waals surface area contributed by atoms with Gasteiger partial charge in [0.05, 0.1) is 17.1 Å². The molecule has 1 fully saturated rings. The van der Waals surface area contributed by atoms with E-state index in [1.807, 2.05) is 0 Å². The molecule has 2 unspecified atom stereocenters. The Morgan fingerprint density at radius 2 is 1.86 bits per heavy atom. The molecule has 1 saturated carbocycles. The van der Waals surface area contributed by atoms with E-state index in [2.05, 4.69) is 25.5 Å².